The third kappa shape index (κ3) is 6.42. The van der Waals surface area contributed by atoms with Crippen LogP contribution in [0, 0.1) is 0 Å². The smallest absolute Gasteiger partial charge is 0.254 e. The molecule has 0 heterocycles. The van der Waals surface area contributed by atoms with Crippen molar-refractivity contribution >= 4 is 40.0 Å². The largest absolute Gasteiger partial charge is 0.487 e. The summed E-state index contributed by atoms with van der Waals surface area (Å²) in [5.41, 5.74) is 0. The first kappa shape index (κ1) is 8.42. The zero-order chi connectivity index (χ0) is 6.41. The van der Waals surface area contributed by atoms with Gasteiger partial charge in [-0.15, -0.1) is 0 Å². The summed E-state index contributed by atoms with van der Waals surface area (Å²) >= 11 is 6.62. The normalized spacial score (nSPS) is 8.62. The molecule has 0 saturated heterocycles. The Morgan fingerprint density at radius 1 is 1.75 bits per heavy atom. The molecule has 2 N–H and O–H groups in total. The van der Waals surface area contributed by atoms with Gasteiger partial charge in [0.1, 0.15) is 0 Å². The van der Waals surface area contributed by atoms with Crippen LogP contribution in [-0.4, -0.2) is 21.3 Å². The Morgan fingerprint density at radius 2 is 2.38 bits per heavy atom. The maximum Gasteiger partial charge on any atom is 0.254 e. The summed E-state index contributed by atoms with van der Waals surface area (Å²) in [4.78, 5) is 0. The lowest BCUT2D eigenvalue weighted by Crippen LogP contribution is -2.21. The minimum Gasteiger partial charge on any atom is -0.487 e. The Balaban J connectivity index is 2.82. The molecule has 0 aliphatic carbocycles. The summed E-state index contributed by atoms with van der Waals surface area (Å²) < 4.78 is 1.09. The minimum atomic E-state index is -0.102. The first-order valence-corrected chi connectivity index (χ1v) is 4.23. The second-order valence-electron chi connectivity index (χ2n) is 1.27. The van der Waals surface area contributed by atoms with Crippen LogP contribution in [-0.2, 0) is 0 Å². The van der Waals surface area contributed by atoms with Crippen molar-refractivity contribution < 1.29 is 5.11 Å². The number of nitrogens with one attached hydrogen (secondary N) is 1. The molecular weight excluding hydrogens is 237 g/mol. The van der Waals surface area contributed by atoms with Crippen LogP contribution in [0.15, 0.2) is 0 Å². The number of thiocarbonyl (C=S) groups is 1. The van der Waals surface area contributed by atoms with E-state index in [2.05, 4.69) is 40.1 Å². The third-order valence-electron chi connectivity index (χ3n) is 0.587. The molecule has 0 aromatic heterocycles. The minimum absolute atomic E-state index is 0.102. The van der Waals surface area contributed by atoms with Gasteiger partial charge in [-0.1, -0.05) is 22.6 Å². The number of rotatable bonds is 3. The number of halogens is 1. The van der Waals surface area contributed by atoms with E-state index >= 15 is 0 Å². The van der Waals surface area contributed by atoms with E-state index < -0.39 is 0 Å². The summed E-state index contributed by atoms with van der Waals surface area (Å²) in [5, 5.41) is 10.9. The summed E-state index contributed by atoms with van der Waals surface area (Å²) in [7, 11) is 0. The zero-order valence-corrected chi connectivity index (χ0v) is 7.33. The molecule has 4 heteroatoms. The van der Waals surface area contributed by atoms with E-state index in [-0.39, 0.29) is 5.17 Å². The van der Waals surface area contributed by atoms with E-state index in [9.17, 15) is 0 Å². The van der Waals surface area contributed by atoms with Crippen LogP contribution in [0.2, 0.25) is 0 Å². The molecule has 0 bridgehead atoms. The van der Waals surface area contributed by atoms with Gasteiger partial charge in [0, 0.05) is 11.0 Å². The Morgan fingerprint density at radius 3 is 2.75 bits per heavy atom. The van der Waals surface area contributed by atoms with E-state index in [0.717, 1.165) is 17.4 Å². The van der Waals surface area contributed by atoms with Gasteiger partial charge in [0.25, 0.3) is 5.17 Å². The van der Waals surface area contributed by atoms with Gasteiger partial charge >= 0.3 is 0 Å². The Labute approximate surface area is 67.8 Å². The van der Waals surface area contributed by atoms with Crippen LogP contribution < -0.4 is 5.32 Å². The van der Waals surface area contributed by atoms with Gasteiger partial charge in [-0.3, -0.25) is 0 Å². The molecule has 0 aromatic carbocycles. The van der Waals surface area contributed by atoms with Crippen LogP contribution >= 0.6 is 34.8 Å². The molecule has 0 aliphatic rings. The maximum atomic E-state index is 8.40. The van der Waals surface area contributed by atoms with Gasteiger partial charge in [0.15, 0.2) is 0 Å². The fraction of sp³-hybridized carbons (Fsp3) is 0.750. The van der Waals surface area contributed by atoms with Crippen molar-refractivity contribution in [3.63, 3.8) is 0 Å². The van der Waals surface area contributed by atoms with Crippen LogP contribution in [0.3, 0.4) is 0 Å². The number of hydrogen-bond acceptors (Lipinski definition) is 1. The quantitative estimate of drug-likeness (QED) is 0.339. The SMILES string of the molecule is OC(=S)NCCCI. The molecule has 0 amide bonds. The lowest BCUT2D eigenvalue weighted by atomic mass is 10.5. The summed E-state index contributed by atoms with van der Waals surface area (Å²) in [5.74, 6) is 0. The molecule has 0 radical (unpaired) electrons. The summed E-state index contributed by atoms with van der Waals surface area (Å²) in [6, 6.07) is 0. The Hall–Kier alpha value is 0.420. The average Bonchev–Trinajstić information content (AvgIpc) is 1.66. The van der Waals surface area contributed by atoms with Crippen molar-refractivity contribution in [1.82, 2.24) is 5.32 Å². The molecular formula is C4H8INOS. The van der Waals surface area contributed by atoms with Crippen molar-refractivity contribution in [2.75, 3.05) is 11.0 Å². The highest BCUT2D eigenvalue weighted by molar-refractivity contribution is 14.1. The maximum absolute atomic E-state index is 8.40. The lowest BCUT2D eigenvalue weighted by Gasteiger charge is -1.97. The number of aliphatic hydroxyl groups excluding tert-OH is 1. The van der Waals surface area contributed by atoms with E-state index in [1.807, 2.05) is 0 Å². The molecule has 0 fully saturated rings. The first-order chi connectivity index (χ1) is 3.77. The molecule has 0 aromatic rings. The predicted octanol–water partition coefficient (Wildman–Crippen LogP) is 1.24. The average molecular weight is 245 g/mol. The molecule has 8 heavy (non-hydrogen) atoms. The van der Waals surface area contributed by atoms with Crippen LogP contribution in [0.25, 0.3) is 0 Å². The molecule has 48 valence electrons. The van der Waals surface area contributed by atoms with E-state index in [1.165, 1.54) is 0 Å². The third-order valence-corrected chi connectivity index (χ3v) is 1.49. The zero-order valence-electron chi connectivity index (χ0n) is 4.35. The van der Waals surface area contributed by atoms with Gasteiger partial charge in [0.05, 0.1) is 0 Å². The van der Waals surface area contributed by atoms with Crippen molar-refractivity contribution in [2.45, 2.75) is 6.42 Å². The molecule has 0 unspecified atom stereocenters. The second kappa shape index (κ2) is 5.55. The van der Waals surface area contributed by atoms with E-state index in [1.54, 1.807) is 0 Å². The van der Waals surface area contributed by atoms with Crippen molar-refractivity contribution in [3.8, 4) is 0 Å². The number of alkyl halides is 1. The standard InChI is InChI=1S/C4H8INOS/c5-2-1-3-6-4(7)8/h1-3H2,(H2,6,7,8). The number of aliphatic hydroxyl groups is 1. The summed E-state index contributed by atoms with van der Waals surface area (Å²) in [6.07, 6.45) is 1.04. The molecule has 0 spiro atoms. The topological polar surface area (TPSA) is 32.3 Å². The van der Waals surface area contributed by atoms with Crippen molar-refractivity contribution in [2.24, 2.45) is 0 Å². The van der Waals surface area contributed by atoms with Gasteiger partial charge in [0.2, 0.25) is 0 Å². The highest BCUT2D eigenvalue weighted by Crippen LogP contribution is 1.84. The Bertz CT molecular complexity index is 78.4. The predicted molar refractivity (Wildman–Crippen MR) is 46.7 cm³/mol. The first-order valence-electron chi connectivity index (χ1n) is 2.30. The molecule has 0 atom stereocenters. The van der Waals surface area contributed by atoms with Crippen LogP contribution in [0.5, 0.6) is 0 Å². The monoisotopic (exact) mass is 245 g/mol. The fourth-order valence-electron chi connectivity index (χ4n) is 0.262. The molecule has 0 saturated carbocycles. The lowest BCUT2D eigenvalue weighted by molar-refractivity contribution is 0.531. The van der Waals surface area contributed by atoms with Crippen LogP contribution in [0.1, 0.15) is 6.42 Å². The van der Waals surface area contributed by atoms with Crippen molar-refractivity contribution in [1.29, 1.82) is 0 Å². The number of hydrogen-bond donors (Lipinski definition) is 2. The van der Waals surface area contributed by atoms with Crippen molar-refractivity contribution in [3.05, 3.63) is 0 Å². The molecule has 2 nitrogen and oxygen atoms in total. The highest BCUT2D eigenvalue weighted by Gasteiger charge is 1.85. The fourth-order valence-corrected chi connectivity index (χ4v) is 0.746. The van der Waals surface area contributed by atoms with E-state index in [0.29, 0.717) is 0 Å². The van der Waals surface area contributed by atoms with Gasteiger partial charge < -0.3 is 10.4 Å². The molecule has 0 rings (SSSR count). The second-order valence-corrected chi connectivity index (χ2v) is 2.74. The molecule has 0 aliphatic heterocycles. The highest BCUT2D eigenvalue weighted by atomic mass is 127. The van der Waals surface area contributed by atoms with Gasteiger partial charge in [-0.05, 0) is 18.6 Å². The Kier molecular flexibility index (Phi) is 5.85. The van der Waals surface area contributed by atoms with E-state index in [4.69, 9.17) is 5.11 Å². The van der Waals surface area contributed by atoms with Gasteiger partial charge in [-0.2, -0.15) is 0 Å². The summed E-state index contributed by atoms with van der Waals surface area (Å²) in [6.45, 7) is 0.776. The van der Waals surface area contributed by atoms with Crippen LogP contribution in [0.4, 0.5) is 0 Å². The van der Waals surface area contributed by atoms with Gasteiger partial charge in [-0.25, -0.2) is 0 Å².